The molecule has 0 aliphatic carbocycles. The molecule has 0 saturated carbocycles. The lowest BCUT2D eigenvalue weighted by molar-refractivity contribution is 1.14. The van der Waals surface area contributed by atoms with Crippen LogP contribution in [0.1, 0.15) is 5.56 Å². The molecular weight excluding hydrogens is 256 g/mol. The molecule has 21 heavy (non-hydrogen) atoms. The molecule has 0 aromatic heterocycles. The van der Waals surface area contributed by atoms with Gasteiger partial charge in [-0.25, -0.2) is 0 Å². The fraction of sp³-hybridized carbons (Fsp3) is 0.105. The van der Waals surface area contributed by atoms with Crippen LogP contribution in [0.5, 0.6) is 0 Å². The highest BCUT2D eigenvalue weighted by atomic mass is 15.1. The molecule has 2 heteroatoms. The molecule has 0 atom stereocenters. The molecule has 0 bridgehead atoms. The van der Waals surface area contributed by atoms with Crippen LogP contribution in [0.2, 0.25) is 0 Å². The highest BCUT2D eigenvalue weighted by molar-refractivity contribution is 5.90. The lowest BCUT2D eigenvalue weighted by Gasteiger charge is -2.13. The summed E-state index contributed by atoms with van der Waals surface area (Å²) >= 11 is 0. The van der Waals surface area contributed by atoms with Gasteiger partial charge >= 0.3 is 0 Å². The van der Waals surface area contributed by atoms with E-state index in [-0.39, 0.29) is 0 Å². The summed E-state index contributed by atoms with van der Waals surface area (Å²) in [5.41, 5.74) is 3.96. The number of hydrogen-bond acceptors (Lipinski definition) is 2. The minimum Gasteiger partial charge on any atom is -0.378 e. The Morgan fingerprint density at radius 3 is 2.33 bits per heavy atom. The van der Waals surface area contributed by atoms with Gasteiger partial charge in [-0.2, -0.15) is 5.26 Å². The van der Waals surface area contributed by atoms with Crippen LogP contribution < -0.4 is 4.90 Å². The summed E-state index contributed by atoms with van der Waals surface area (Å²) < 4.78 is 0. The largest absolute Gasteiger partial charge is 0.378 e. The fourth-order valence-electron chi connectivity index (χ4n) is 2.51. The molecule has 0 fully saturated rings. The summed E-state index contributed by atoms with van der Waals surface area (Å²) in [6.07, 6.45) is 0. The Kier molecular flexibility index (Phi) is 3.33. The van der Waals surface area contributed by atoms with E-state index in [4.69, 9.17) is 0 Å². The van der Waals surface area contributed by atoms with Crippen LogP contribution in [-0.4, -0.2) is 14.1 Å². The molecule has 0 amide bonds. The van der Waals surface area contributed by atoms with Crippen LogP contribution in [0.15, 0.2) is 60.7 Å². The second-order valence-electron chi connectivity index (χ2n) is 5.30. The fourth-order valence-corrected chi connectivity index (χ4v) is 2.51. The van der Waals surface area contributed by atoms with E-state index in [2.05, 4.69) is 47.4 Å². The summed E-state index contributed by atoms with van der Waals surface area (Å²) in [6.45, 7) is 0. The topological polar surface area (TPSA) is 27.0 Å². The number of hydrogen-bond donors (Lipinski definition) is 0. The Morgan fingerprint density at radius 2 is 1.57 bits per heavy atom. The summed E-state index contributed by atoms with van der Waals surface area (Å²) in [6, 6.07) is 22.7. The minimum atomic E-state index is 0.710. The third-order valence-corrected chi connectivity index (χ3v) is 3.70. The van der Waals surface area contributed by atoms with Crippen LogP contribution >= 0.6 is 0 Å². The first-order valence-corrected chi connectivity index (χ1v) is 6.90. The van der Waals surface area contributed by atoms with Crippen molar-refractivity contribution < 1.29 is 0 Å². The highest BCUT2D eigenvalue weighted by Crippen LogP contribution is 2.28. The van der Waals surface area contributed by atoms with E-state index in [1.165, 1.54) is 16.5 Å². The van der Waals surface area contributed by atoms with Gasteiger partial charge in [-0.1, -0.05) is 36.4 Å². The Hall–Kier alpha value is -2.79. The van der Waals surface area contributed by atoms with E-state index in [1.54, 1.807) is 0 Å². The maximum atomic E-state index is 9.23. The van der Waals surface area contributed by atoms with Crippen molar-refractivity contribution in [1.29, 1.82) is 5.26 Å². The van der Waals surface area contributed by atoms with E-state index < -0.39 is 0 Å². The molecule has 3 aromatic carbocycles. The van der Waals surface area contributed by atoms with Gasteiger partial charge in [-0.3, -0.25) is 0 Å². The van der Waals surface area contributed by atoms with Gasteiger partial charge in [0, 0.05) is 19.8 Å². The van der Waals surface area contributed by atoms with Crippen molar-refractivity contribution in [2.45, 2.75) is 0 Å². The van der Waals surface area contributed by atoms with Gasteiger partial charge < -0.3 is 4.90 Å². The first-order valence-electron chi connectivity index (χ1n) is 6.90. The molecule has 0 radical (unpaired) electrons. The Morgan fingerprint density at radius 1 is 0.857 bits per heavy atom. The monoisotopic (exact) mass is 272 g/mol. The zero-order valence-corrected chi connectivity index (χ0v) is 12.2. The van der Waals surface area contributed by atoms with Crippen molar-refractivity contribution in [1.82, 2.24) is 0 Å². The lowest BCUT2D eigenvalue weighted by atomic mass is 9.97. The van der Waals surface area contributed by atoms with Gasteiger partial charge in [-0.15, -0.1) is 0 Å². The van der Waals surface area contributed by atoms with Gasteiger partial charge in [-0.05, 0) is 46.2 Å². The number of benzene rings is 3. The van der Waals surface area contributed by atoms with E-state index in [9.17, 15) is 5.26 Å². The predicted molar refractivity (Wildman–Crippen MR) is 88.4 cm³/mol. The molecule has 3 aromatic rings. The molecule has 0 N–H and O–H groups in total. The van der Waals surface area contributed by atoms with Crippen LogP contribution in [0.25, 0.3) is 21.9 Å². The van der Waals surface area contributed by atoms with Crippen LogP contribution in [-0.2, 0) is 0 Å². The molecule has 102 valence electrons. The standard InChI is InChI=1S/C19H16N2/c1-21(2)18-10-9-14-11-16(8-7-15(14)12-18)19-6-4-3-5-17(19)13-20/h3-12H,1-2H3. The van der Waals surface area contributed by atoms with Crippen LogP contribution in [0.4, 0.5) is 5.69 Å². The molecule has 0 spiro atoms. The Bertz CT molecular complexity index is 842. The first-order chi connectivity index (χ1) is 10.2. The number of anilines is 1. The Balaban J connectivity index is 2.14. The summed E-state index contributed by atoms with van der Waals surface area (Å²) in [5, 5.41) is 11.6. The predicted octanol–water partition coefficient (Wildman–Crippen LogP) is 4.44. The van der Waals surface area contributed by atoms with E-state index in [1.807, 2.05) is 38.4 Å². The Labute approximate surface area is 124 Å². The van der Waals surface area contributed by atoms with Crippen molar-refractivity contribution in [3.8, 4) is 17.2 Å². The van der Waals surface area contributed by atoms with E-state index in [0.717, 1.165) is 11.1 Å². The number of fused-ring (bicyclic) bond motifs is 1. The van der Waals surface area contributed by atoms with Gasteiger partial charge in [0.1, 0.15) is 0 Å². The molecule has 2 nitrogen and oxygen atoms in total. The van der Waals surface area contributed by atoms with Crippen molar-refractivity contribution in [3.05, 3.63) is 66.2 Å². The zero-order chi connectivity index (χ0) is 14.8. The second-order valence-corrected chi connectivity index (χ2v) is 5.30. The average Bonchev–Trinajstić information content (AvgIpc) is 2.53. The van der Waals surface area contributed by atoms with E-state index in [0.29, 0.717) is 5.56 Å². The minimum absolute atomic E-state index is 0.710. The van der Waals surface area contributed by atoms with Crippen molar-refractivity contribution in [2.75, 3.05) is 19.0 Å². The van der Waals surface area contributed by atoms with Crippen LogP contribution in [0, 0.1) is 11.3 Å². The van der Waals surface area contributed by atoms with Crippen molar-refractivity contribution in [2.24, 2.45) is 0 Å². The van der Waals surface area contributed by atoms with E-state index >= 15 is 0 Å². The molecule has 0 heterocycles. The smallest absolute Gasteiger partial charge is 0.0998 e. The van der Waals surface area contributed by atoms with Crippen LogP contribution in [0.3, 0.4) is 0 Å². The third-order valence-electron chi connectivity index (χ3n) is 3.70. The van der Waals surface area contributed by atoms with Crippen molar-refractivity contribution in [3.63, 3.8) is 0 Å². The maximum Gasteiger partial charge on any atom is 0.0998 e. The number of nitriles is 1. The average molecular weight is 272 g/mol. The molecule has 0 saturated heterocycles. The normalized spacial score (nSPS) is 10.3. The molecule has 0 aliphatic heterocycles. The quantitative estimate of drug-likeness (QED) is 0.689. The summed E-state index contributed by atoms with van der Waals surface area (Å²) in [5.74, 6) is 0. The van der Waals surface area contributed by atoms with Gasteiger partial charge in [0.15, 0.2) is 0 Å². The molecule has 3 rings (SSSR count). The van der Waals surface area contributed by atoms with Gasteiger partial charge in [0.2, 0.25) is 0 Å². The first kappa shape index (κ1) is 13.2. The number of rotatable bonds is 2. The summed E-state index contributed by atoms with van der Waals surface area (Å²) in [4.78, 5) is 2.10. The maximum absolute atomic E-state index is 9.23. The zero-order valence-electron chi connectivity index (χ0n) is 12.2. The second kappa shape index (κ2) is 5.30. The molecular formula is C19H16N2. The SMILES string of the molecule is CN(C)c1ccc2cc(-c3ccccc3C#N)ccc2c1. The molecule has 0 aliphatic rings. The lowest BCUT2D eigenvalue weighted by Crippen LogP contribution is -2.07. The number of nitrogens with zero attached hydrogens (tertiary/aromatic N) is 2. The summed E-state index contributed by atoms with van der Waals surface area (Å²) in [7, 11) is 4.08. The highest BCUT2D eigenvalue weighted by Gasteiger charge is 2.05. The van der Waals surface area contributed by atoms with Gasteiger partial charge in [0.05, 0.1) is 11.6 Å². The van der Waals surface area contributed by atoms with Crippen molar-refractivity contribution >= 4 is 16.5 Å². The third kappa shape index (κ3) is 2.46. The molecule has 0 unspecified atom stereocenters. The van der Waals surface area contributed by atoms with Gasteiger partial charge in [0.25, 0.3) is 0 Å².